The Morgan fingerprint density at radius 1 is 1.17 bits per heavy atom. The summed E-state index contributed by atoms with van der Waals surface area (Å²) in [4.78, 5) is 24.5. The number of hydrogen-bond acceptors (Lipinski definition) is 5. The van der Waals surface area contributed by atoms with Crippen molar-refractivity contribution in [1.82, 2.24) is 9.62 Å². The molecule has 1 heterocycles. The molecule has 9 heteroatoms. The summed E-state index contributed by atoms with van der Waals surface area (Å²) in [7, 11) is -3.68. The first kappa shape index (κ1) is 22.1. The molecule has 7 nitrogen and oxygen atoms in total. The third-order valence-electron chi connectivity index (χ3n) is 5.58. The third kappa shape index (κ3) is 5.49. The van der Waals surface area contributed by atoms with Crippen LogP contribution >= 0.6 is 11.6 Å². The lowest BCUT2D eigenvalue weighted by Gasteiger charge is -2.26. The molecule has 1 amide bonds. The Balaban J connectivity index is 1.61. The molecule has 2 aliphatic rings. The number of rotatable bonds is 6. The molecule has 0 radical (unpaired) electrons. The van der Waals surface area contributed by atoms with Crippen LogP contribution in [0.25, 0.3) is 0 Å². The lowest BCUT2D eigenvalue weighted by molar-refractivity contribution is -0.125. The van der Waals surface area contributed by atoms with Crippen molar-refractivity contribution >= 4 is 33.5 Å². The molecule has 1 aromatic rings. The Labute approximate surface area is 176 Å². The third-order valence-corrected chi connectivity index (χ3v) is 7.80. The van der Waals surface area contributed by atoms with Crippen LogP contribution in [-0.4, -0.2) is 50.3 Å². The van der Waals surface area contributed by atoms with Gasteiger partial charge in [-0.2, -0.15) is 4.31 Å². The van der Waals surface area contributed by atoms with Crippen molar-refractivity contribution in [3.63, 3.8) is 0 Å². The predicted molar refractivity (Wildman–Crippen MR) is 109 cm³/mol. The zero-order valence-electron chi connectivity index (χ0n) is 16.5. The molecule has 29 heavy (non-hydrogen) atoms. The van der Waals surface area contributed by atoms with Crippen LogP contribution in [0, 0.1) is 5.92 Å². The second-order valence-corrected chi connectivity index (χ2v) is 10.2. The summed E-state index contributed by atoms with van der Waals surface area (Å²) in [5.41, 5.74) is -0.0637. The number of ether oxygens (including phenoxy) is 1. The molecule has 1 aliphatic carbocycles. The summed E-state index contributed by atoms with van der Waals surface area (Å²) < 4.78 is 31.9. The van der Waals surface area contributed by atoms with Gasteiger partial charge in [0.1, 0.15) is 0 Å². The van der Waals surface area contributed by atoms with Gasteiger partial charge in [-0.05, 0) is 62.6 Å². The van der Waals surface area contributed by atoms with E-state index in [0.717, 1.165) is 38.5 Å². The number of hydrogen-bond donors (Lipinski definition) is 1. The van der Waals surface area contributed by atoms with E-state index in [1.165, 1.54) is 22.5 Å². The molecule has 1 aliphatic heterocycles. The van der Waals surface area contributed by atoms with Gasteiger partial charge >= 0.3 is 5.97 Å². The van der Waals surface area contributed by atoms with Gasteiger partial charge in [-0.1, -0.05) is 18.5 Å². The number of benzene rings is 1. The number of carbonyl (C=O) groups excluding carboxylic acids is 2. The van der Waals surface area contributed by atoms with Crippen molar-refractivity contribution in [2.24, 2.45) is 5.92 Å². The minimum absolute atomic E-state index is 0.00322. The number of sulfonamides is 1. The number of nitrogens with zero attached hydrogens (tertiary/aromatic N) is 1. The lowest BCUT2D eigenvalue weighted by atomic mass is 9.87. The monoisotopic (exact) mass is 442 g/mol. The number of amides is 1. The molecule has 1 aromatic carbocycles. The van der Waals surface area contributed by atoms with Crippen molar-refractivity contribution < 1.29 is 22.7 Å². The maximum atomic E-state index is 12.7. The smallest absolute Gasteiger partial charge is 0.340 e. The van der Waals surface area contributed by atoms with Gasteiger partial charge in [0.2, 0.25) is 10.0 Å². The average Bonchev–Trinajstić information content (AvgIpc) is 3.24. The normalized spacial score (nSPS) is 23.0. The van der Waals surface area contributed by atoms with Crippen LogP contribution in [-0.2, 0) is 19.6 Å². The average molecular weight is 443 g/mol. The van der Waals surface area contributed by atoms with E-state index >= 15 is 0 Å². The predicted octanol–water partition coefficient (Wildman–Crippen LogP) is 2.98. The standard InChI is InChI=1S/C20H27ClN2O5S/c1-14-4-6-15(7-5-14)22-19(24)13-28-20(25)17-12-16(8-9-18(17)21)29(26,27)23-10-2-3-11-23/h8-9,12,14-15H,2-7,10-11,13H2,1H3,(H,22,24). The molecule has 0 bridgehead atoms. The lowest BCUT2D eigenvalue weighted by Crippen LogP contribution is -2.39. The molecule has 0 aromatic heterocycles. The largest absolute Gasteiger partial charge is 0.452 e. The molecule has 2 fully saturated rings. The molecule has 0 unspecified atom stereocenters. The summed E-state index contributed by atoms with van der Waals surface area (Å²) in [5.74, 6) is -0.511. The molecular weight excluding hydrogens is 416 g/mol. The first-order valence-electron chi connectivity index (χ1n) is 10.0. The summed E-state index contributed by atoms with van der Waals surface area (Å²) in [6, 6.07) is 4.07. The van der Waals surface area contributed by atoms with Gasteiger partial charge in [0, 0.05) is 19.1 Å². The Morgan fingerprint density at radius 3 is 2.48 bits per heavy atom. The van der Waals surface area contributed by atoms with E-state index in [4.69, 9.17) is 16.3 Å². The number of esters is 1. The van der Waals surface area contributed by atoms with Gasteiger partial charge in [-0.15, -0.1) is 0 Å². The van der Waals surface area contributed by atoms with Crippen LogP contribution in [0.4, 0.5) is 0 Å². The van der Waals surface area contributed by atoms with Gasteiger partial charge in [0.05, 0.1) is 15.5 Å². The van der Waals surface area contributed by atoms with Crippen molar-refractivity contribution in [2.75, 3.05) is 19.7 Å². The Bertz CT molecular complexity index is 860. The van der Waals surface area contributed by atoms with Crippen molar-refractivity contribution in [2.45, 2.75) is 56.4 Å². The van der Waals surface area contributed by atoms with Crippen molar-refractivity contribution in [3.8, 4) is 0 Å². The van der Waals surface area contributed by atoms with Crippen LogP contribution in [0.15, 0.2) is 23.1 Å². The number of nitrogens with one attached hydrogen (secondary N) is 1. The van der Waals surface area contributed by atoms with Crippen LogP contribution in [0.2, 0.25) is 5.02 Å². The van der Waals surface area contributed by atoms with E-state index in [0.29, 0.717) is 19.0 Å². The van der Waals surface area contributed by atoms with Crippen LogP contribution in [0.3, 0.4) is 0 Å². The Morgan fingerprint density at radius 2 is 1.83 bits per heavy atom. The van der Waals surface area contributed by atoms with Crippen LogP contribution < -0.4 is 5.32 Å². The summed E-state index contributed by atoms with van der Waals surface area (Å²) in [6.07, 6.45) is 5.61. The molecule has 1 N–H and O–H groups in total. The van der Waals surface area contributed by atoms with Crippen molar-refractivity contribution in [1.29, 1.82) is 0 Å². The highest BCUT2D eigenvalue weighted by Crippen LogP contribution is 2.26. The van der Waals surface area contributed by atoms with Gasteiger partial charge in [-0.3, -0.25) is 4.79 Å². The van der Waals surface area contributed by atoms with E-state index in [2.05, 4.69) is 12.2 Å². The van der Waals surface area contributed by atoms with Gasteiger partial charge in [0.25, 0.3) is 5.91 Å². The molecule has 160 valence electrons. The zero-order valence-corrected chi connectivity index (χ0v) is 18.1. The Hall–Kier alpha value is -1.64. The molecule has 0 atom stereocenters. The minimum Gasteiger partial charge on any atom is -0.452 e. The van der Waals surface area contributed by atoms with E-state index in [1.54, 1.807) is 0 Å². The fourth-order valence-corrected chi connectivity index (χ4v) is 5.52. The van der Waals surface area contributed by atoms with E-state index in [-0.39, 0.29) is 27.4 Å². The minimum atomic E-state index is -3.68. The Kier molecular flexibility index (Phi) is 7.19. The SMILES string of the molecule is CC1CCC(NC(=O)COC(=O)c2cc(S(=O)(=O)N3CCCC3)ccc2Cl)CC1. The molecular formula is C20H27ClN2O5S. The second-order valence-electron chi connectivity index (χ2n) is 7.85. The second kappa shape index (κ2) is 9.45. The molecule has 1 saturated heterocycles. The zero-order chi connectivity index (χ0) is 21.0. The summed E-state index contributed by atoms with van der Waals surface area (Å²) in [6.45, 7) is 2.70. The summed E-state index contributed by atoms with van der Waals surface area (Å²) >= 11 is 6.08. The number of halogens is 1. The van der Waals surface area contributed by atoms with Gasteiger partial charge < -0.3 is 10.1 Å². The van der Waals surface area contributed by atoms with Gasteiger partial charge in [-0.25, -0.2) is 13.2 Å². The maximum absolute atomic E-state index is 12.7. The highest BCUT2D eigenvalue weighted by atomic mass is 35.5. The quantitative estimate of drug-likeness (QED) is 0.683. The van der Waals surface area contributed by atoms with Crippen LogP contribution in [0.5, 0.6) is 0 Å². The fraction of sp³-hybridized carbons (Fsp3) is 0.600. The molecule has 1 saturated carbocycles. The topological polar surface area (TPSA) is 92.8 Å². The van der Waals surface area contributed by atoms with Crippen molar-refractivity contribution in [3.05, 3.63) is 28.8 Å². The molecule has 3 rings (SSSR count). The summed E-state index contributed by atoms with van der Waals surface area (Å²) in [5, 5.41) is 2.96. The van der Waals surface area contributed by atoms with E-state index in [1.807, 2.05) is 0 Å². The highest BCUT2D eigenvalue weighted by Gasteiger charge is 2.29. The maximum Gasteiger partial charge on any atom is 0.340 e. The van der Waals surface area contributed by atoms with E-state index < -0.39 is 22.6 Å². The molecule has 0 spiro atoms. The van der Waals surface area contributed by atoms with E-state index in [9.17, 15) is 18.0 Å². The first-order chi connectivity index (χ1) is 13.8. The van der Waals surface area contributed by atoms with Gasteiger partial charge in [0.15, 0.2) is 6.61 Å². The fourth-order valence-electron chi connectivity index (χ4n) is 3.78. The highest BCUT2D eigenvalue weighted by molar-refractivity contribution is 7.89. The first-order valence-corrected chi connectivity index (χ1v) is 11.9. The van der Waals surface area contributed by atoms with Crippen LogP contribution in [0.1, 0.15) is 55.8 Å². The number of carbonyl (C=O) groups is 2.